The topological polar surface area (TPSA) is 93.3 Å². The Labute approximate surface area is 125 Å². The van der Waals surface area contributed by atoms with Crippen molar-refractivity contribution in [3.8, 4) is 0 Å². The molecule has 10 heteroatoms. The van der Waals surface area contributed by atoms with Gasteiger partial charge in [-0.1, -0.05) is 0 Å². The molecule has 0 fully saturated rings. The van der Waals surface area contributed by atoms with Gasteiger partial charge in [0.25, 0.3) is 10.0 Å². The fourth-order valence-corrected chi connectivity index (χ4v) is 4.02. The molecule has 0 aromatic carbocycles. The van der Waals surface area contributed by atoms with Crippen LogP contribution >= 0.6 is 11.3 Å². The van der Waals surface area contributed by atoms with Crippen molar-refractivity contribution in [3.63, 3.8) is 0 Å². The van der Waals surface area contributed by atoms with E-state index in [1.165, 1.54) is 11.3 Å². The Bertz CT molecular complexity index is 876. The van der Waals surface area contributed by atoms with Gasteiger partial charge in [0.05, 0.1) is 6.54 Å². The Morgan fingerprint density at radius 1 is 1.38 bits per heavy atom. The van der Waals surface area contributed by atoms with E-state index in [4.69, 9.17) is 0 Å². The van der Waals surface area contributed by atoms with Crippen molar-refractivity contribution in [2.45, 2.75) is 11.6 Å². The number of nitrogens with zero attached hydrogens (tertiary/aromatic N) is 4. The Morgan fingerprint density at radius 3 is 2.86 bits per heavy atom. The van der Waals surface area contributed by atoms with Gasteiger partial charge in [-0.05, 0) is 0 Å². The van der Waals surface area contributed by atoms with Crippen molar-refractivity contribution in [1.82, 2.24) is 23.7 Å². The number of aryl methyl sites for hydroxylation is 1. The van der Waals surface area contributed by atoms with Gasteiger partial charge in [0.2, 0.25) is 0 Å². The van der Waals surface area contributed by atoms with E-state index < -0.39 is 10.0 Å². The lowest BCUT2D eigenvalue weighted by Crippen LogP contribution is -2.26. The molecule has 0 unspecified atom stereocenters. The van der Waals surface area contributed by atoms with Gasteiger partial charge >= 0.3 is 0 Å². The Morgan fingerprint density at radius 2 is 2.19 bits per heavy atom. The molecule has 21 heavy (non-hydrogen) atoms. The summed E-state index contributed by atoms with van der Waals surface area (Å²) in [5.74, 6) is 0.963. The number of hydrogen-bond donors (Lipinski definition) is 2. The fraction of sp³-hybridized carbons (Fsp3) is 0.273. The maximum atomic E-state index is 12.5. The second-order valence-electron chi connectivity index (χ2n) is 4.35. The highest BCUT2D eigenvalue weighted by molar-refractivity contribution is 7.89. The van der Waals surface area contributed by atoms with Crippen molar-refractivity contribution in [2.24, 2.45) is 7.05 Å². The molecule has 0 bridgehead atoms. The highest BCUT2D eigenvalue weighted by Crippen LogP contribution is 2.25. The van der Waals surface area contributed by atoms with Crippen molar-refractivity contribution in [2.75, 3.05) is 12.4 Å². The third kappa shape index (κ3) is 2.41. The minimum atomic E-state index is -3.71. The van der Waals surface area contributed by atoms with Crippen LogP contribution in [0.15, 0.2) is 29.0 Å². The van der Waals surface area contributed by atoms with Gasteiger partial charge in [-0.15, -0.1) is 11.3 Å². The van der Waals surface area contributed by atoms with E-state index in [-0.39, 0.29) is 11.6 Å². The summed E-state index contributed by atoms with van der Waals surface area (Å²) in [4.78, 5) is 8.97. The highest BCUT2D eigenvalue weighted by atomic mass is 32.2. The predicted octanol–water partition coefficient (Wildman–Crippen LogP) is 0.649. The average Bonchev–Trinajstić information content (AvgIpc) is 3.10. The lowest BCUT2D eigenvalue weighted by atomic mass is 10.6. The molecule has 0 aliphatic rings. The Balaban J connectivity index is 1.96. The third-order valence-electron chi connectivity index (χ3n) is 3.05. The number of rotatable bonds is 5. The highest BCUT2D eigenvalue weighted by Gasteiger charge is 2.25. The van der Waals surface area contributed by atoms with Gasteiger partial charge in [-0.25, -0.2) is 23.1 Å². The number of hydrogen-bond acceptors (Lipinski definition) is 6. The largest absolute Gasteiger partial charge is 0.371 e. The van der Waals surface area contributed by atoms with Crippen molar-refractivity contribution in [1.29, 1.82) is 0 Å². The lowest BCUT2D eigenvalue weighted by molar-refractivity contribution is 0.573. The first-order valence-corrected chi connectivity index (χ1v) is 8.48. The first kappa shape index (κ1) is 14.0. The maximum absolute atomic E-state index is 12.5. The molecule has 3 aromatic heterocycles. The monoisotopic (exact) mass is 326 g/mol. The molecule has 2 N–H and O–H groups in total. The van der Waals surface area contributed by atoms with Gasteiger partial charge in [-0.2, -0.15) is 0 Å². The summed E-state index contributed by atoms with van der Waals surface area (Å²) >= 11 is 1.38. The number of nitrogens with one attached hydrogen (secondary N) is 2. The summed E-state index contributed by atoms with van der Waals surface area (Å²) in [5.41, 5.74) is 0. The van der Waals surface area contributed by atoms with Crippen LogP contribution in [0, 0.1) is 0 Å². The van der Waals surface area contributed by atoms with Crippen LogP contribution in [0.3, 0.4) is 0 Å². The summed E-state index contributed by atoms with van der Waals surface area (Å²) in [6.07, 6.45) is 5.07. The number of imidazole rings is 2. The SMILES string of the molecule is CNc1nc2sccn2c1S(=O)(=O)NCc1nccn1C. The maximum Gasteiger partial charge on any atom is 0.260 e. The van der Waals surface area contributed by atoms with Gasteiger partial charge < -0.3 is 9.88 Å². The van der Waals surface area contributed by atoms with E-state index in [2.05, 4.69) is 20.0 Å². The molecule has 0 saturated carbocycles. The minimum Gasteiger partial charge on any atom is -0.371 e. The van der Waals surface area contributed by atoms with E-state index in [9.17, 15) is 8.42 Å². The quantitative estimate of drug-likeness (QED) is 0.718. The van der Waals surface area contributed by atoms with E-state index in [1.807, 2.05) is 7.05 Å². The average molecular weight is 326 g/mol. The van der Waals surface area contributed by atoms with Crippen molar-refractivity contribution >= 4 is 32.1 Å². The molecule has 3 rings (SSSR count). The van der Waals surface area contributed by atoms with Crippen LogP contribution in [0.5, 0.6) is 0 Å². The summed E-state index contributed by atoms with van der Waals surface area (Å²) < 4.78 is 31.0. The molecule has 0 aliphatic heterocycles. The molecular formula is C11H14N6O2S2. The standard InChI is InChI=1S/C11H14N6O2S2/c1-12-9-10(17-5-6-20-11(17)15-9)21(18,19)14-7-8-13-3-4-16(8)2/h3-6,12,14H,7H2,1-2H3. The van der Waals surface area contributed by atoms with Crippen molar-refractivity contribution < 1.29 is 8.42 Å². The molecular weight excluding hydrogens is 312 g/mol. The first-order chi connectivity index (χ1) is 10.0. The van der Waals surface area contributed by atoms with Crippen LogP contribution < -0.4 is 10.0 Å². The molecule has 0 amide bonds. The normalized spacial score (nSPS) is 12.1. The molecule has 0 saturated heterocycles. The summed E-state index contributed by atoms with van der Waals surface area (Å²) in [7, 11) is -0.254. The molecule has 3 aromatic rings. The van der Waals surface area contributed by atoms with Crippen LogP contribution in [-0.2, 0) is 23.6 Å². The Hall–Kier alpha value is -1.91. The lowest BCUT2D eigenvalue weighted by Gasteiger charge is -2.07. The first-order valence-electron chi connectivity index (χ1n) is 6.12. The minimum absolute atomic E-state index is 0.107. The van der Waals surface area contributed by atoms with Crippen LogP contribution in [0.4, 0.5) is 5.82 Å². The summed E-state index contributed by atoms with van der Waals surface area (Å²) in [6, 6.07) is 0. The number of thiazole rings is 1. The third-order valence-corrected chi connectivity index (χ3v) is 5.23. The van der Waals surface area contributed by atoms with Crippen LogP contribution in [0.2, 0.25) is 0 Å². The van der Waals surface area contributed by atoms with E-state index in [0.29, 0.717) is 16.6 Å². The molecule has 0 spiro atoms. The van der Waals surface area contributed by atoms with Gasteiger partial charge in [0.15, 0.2) is 15.8 Å². The summed E-state index contributed by atoms with van der Waals surface area (Å²) in [6.45, 7) is 0.117. The van der Waals surface area contributed by atoms with Crippen LogP contribution in [0.1, 0.15) is 5.82 Å². The molecule has 0 aliphatic carbocycles. The molecule has 0 radical (unpaired) electrons. The molecule has 112 valence electrons. The van der Waals surface area contributed by atoms with Crippen molar-refractivity contribution in [3.05, 3.63) is 29.8 Å². The molecule has 3 heterocycles. The van der Waals surface area contributed by atoms with Gasteiger partial charge in [0, 0.05) is 38.1 Å². The zero-order chi connectivity index (χ0) is 15.0. The van der Waals surface area contributed by atoms with E-state index in [0.717, 1.165) is 0 Å². The second-order valence-corrected chi connectivity index (χ2v) is 6.91. The van der Waals surface area contributed by atoms with E-state index >= 15 is 0 Å². The Kier molecular flexibility index (Phi) is 3.43. The van der Waals surface area contributed by atoms with Gasteiger partial charge in [-0.3, -0.25) is 4.40 Å². The zero-order valence-corrected chi connectivity index (χ0v) is 13.1. The molecule has 0 atom stereocenters. The smallest absolute Gasteiger partial charge is 0.260 e. The number of sulfonamides is 1. The molecule has 8 nitrogen and oxygen atoms in total. The predicted molar refractivity (Wildman–Crippen MR) is 79.8 cm³/mol. The second kappa shape index (κ2) is 5.13. The van der Waals surface area contributed by atoms with Crippen LogP contribution in [0.25, 0.3) is 4.96 Å². The van der Waals surface area contributed by atoms with Gasteiger partial charge in [0.1, 0.15) is 5.82 Å². The fourth-order valence-electron chi connectivity index (χ4n) is 1.98. The number of anilines is 1. The number of aromatic nitrogens is 4. The number of fused-ring (bicyclic) bond motifs is 1. The summed E-state index contributed by atoms with van der Waals surface area (Å²) in [5, 5.41) is 4.71. The van der Waals surface area contributed by atoms with Crippen LogP contribution in [-0.4, -0.2) is 34.4 Å². The van der Waals surface area contributed by atoms with E-state index in [1.54, 1.807) is 40.0 Å². The zero-order valence-electron chi connectivity index (χ0n) is 11.4.